The van der Waals surface area contributed by atoms with Crippen LogP contribution in [-0.4, -0.2) is 33.2 Å². The van der Waals surface area contributed by atoms with Crippen LogP contribution in [0.25, 0.3) is 0 Å². The largest absolute Gasteiger partial charge is 0.354 e. The maximum absolute atomic E-state index is 12.8. The van der Waals surface area contributed by atoms with Crippen molar-refractivity contribution in [2.75, 3.05) is 17.1 Å². The lowest BCUT2D eigenvalue weighted by molar-refractivity contribution is -0.122. The second kappa shape index (κ2) is 10.6. The van der Waals surface area contributed by atoms with Gasteiger partial charge in [0.2, 0.25) is 15.9 Å². The predicted octanol–water partition coefficient (Wildman–Crippen LogP) is 4.41. The highest BCUT2D eigenvalue weighted by atomic mass is 32.2. The molecule has 1 atom stereocenters. The lowest BCUT2D eigenvalue weighted by Gasteiger charge is -2.30. The van der Waals surface area contributed by atoms with Gasteiger partial charge in [-0.2, -0.15) is 0 Å². The molecule has 0 saturated carbocycles. The summed E-state index contributed by atoms with van der Waals surface area (Å²) in [7, 11) is -3.60. The molecule has 0 fully saturated rings. The number of amides is 1. The van der Waals surface area contributed by atoms with Gasteiger partial charge in [0.15, 0.2) is 0 Å². The second-order valence-corrected chi connectivity index (χ2v) is 9.97. The van der Waals surface area contributed by atoms with Crippen LogP contribution >= 0.6 is 0 Å². The van der Waals surface area contributed by atoms with Crippen LogP contribution in [0.3, 0.4) is 0 Å². The number of hydrogen-bond acceptors (Lipinski definition) is 3. The summed E-state index contributed by atoms with van der Waals surface area (Å²) in [5.41, 5.74) is 4.01. The van der Waals surface area contributed by atoms with Gasteiger partial charge in [-0.05, 0) is 60.9 Å². The Morgan fingerprint density at radius 1 is 1.10 bits per heavy atom. The van der Waals surface area contributed by atoms with E-state index in [2.05, 4.69) is 43.4 Å². The van der Waals surface area contributed by atoms with Gasteiger partial charge in [0, 0.05) is 6.54 Å². The standard InChI is InChI=1S/C24H34N2O3S/c1-6-23(26(30(5,28)29)22-11-7-9-19(4)17-22)24(27)25-16-8-10-20-12-14-21(15-13-20)18(2)3/h7,9,11-15,17-18,23H,6,8,10,16H2,1-5H3,(H,25,27)/t23-/m1/s1. The number of benzene rings is 2. The molecule has 164 valence electrons. The van der Waals surface area contributed by atoms with Crippen molar-refractivity contribution < 1.29 is 13.2 Å². The number of nitrogens with one attached hydrogen (secondary N) is 1. The highest BCUT2D eigenvalue weighted by Gasteiger charge is 2.31. The average molecular weight is 431 g/mol. The quantitative estimate of drug-likeness (QED) is 0.568. The number of carbonyl (C=O) groups excluding carboxylic acids is 1. The fraction of sp³-hybridized carbons (Fsp3) is 0.458. The Hall–Kier alpha value is -2.34. The first-order valence-corrected chi connectivity index (χ1v) is 12.4. The molecular formula is C24H34N2O3S. The summed E-state index contributed by atoms with van der Waals surface area (Å²) >= 11 is 0. The van der Waals surface area contributed by atoms with E-state index in [1.165, 1.54) is 15.4 Å². The Morgan fingerprint density at radius 3 is 2.30 bits per heavy atom. The first-order valence-electron chi connectivity index (χ1n) is 10.6. The first-order chi connectivity index (χ1) is 14.1. The third kappa shape index (κ3) is 6.59. The average Bonchev–Trinajstić information content (AvgIpc) is 2.68. The van der Waals surface area contributed by atoms with Gasteiger partial charge in [-0.3, -0.25) is 9.10 Å². The van der Waals surface area contributed by atoms with Crippen molar-refractivity contribution in [1.29, 1.82) is 0 Å². The van der Waals surface area contributed by atoms with Crippen molar-refractivity contribution in [2.24, 2.45) is 0 Å². The summed E-state index contributed by atoms with van der Waals surface area (Å²) in [5.74, 6) is 0.245. The zero-order valence-corrected chi connectivity index (χ0v) is 19.5. The van der Waals surface area contributed by atoms with E-state index in [0.717, 1.165) is 24.7 Å². The molecule has 0 saturated heterocycles. The van der Waals surface area contributed by atoms with Crippen LogP contribution in [0, 0.1) is 6.92 Å². The number of rotatable bonds is 10. The Kier molecular flexibility index (Phi) is 8.47. The summed E-state index contributed by atoms with van der Waals surface area (Å²) in [6, 6.07) is 15.0. The van der Waals surface area contributed by atoms with E-state index < -0.39 is 16.1 Å². The molecule has 30 heavy (non-hydrogen) atoms. The van der Waals surface area contributed by atoms with Crippen molar-refractivity contribution in [3.8, 4) is 0 Å². The molecule has 0 heterocycles. The summed E-state index contributed by atoms with van der Waals surface area (Å²) in [6.45, 7) is 8.58. The summed E-state index contributed by atoms with van der Waals surface area (Å²) in [4.78, 5) is 12.8. The smallest absolute Gasteiger partial charge is 0.243 e. The van der Waals surface area contributed by atoms with Crippen molar-refractivity contribution in [3.63, 3.8) is 0 Å². The van der Waals surface area contributed by atoms with E-state index in [1.54, 1.807) is 18.2 Å². The van der Waals surface area contributed by atoms with Crippen molar-refractivity contribution in [1.82, 2.24) is 5.32 Å². The van der Waals surface area contributed by atoms with E-state index in [4.69, 9.17) is 0 Å². The van der Waals surface area contributed by atoms with Crippen LogP contribution in [0.15, 0.2) is 48.5 Å². The fourth-order valence-electron chi connectivity index (χ4n) is 3.52. The second-order valence-electron chi connectivity index (χ2n) is 8.11. The molecule has 0 unspecified atom stereocenters. The Morgan fingerprint density at radius 2 is 1.77 bits per heavy atom. The van der Waals surface area contributed by atoms with Gasteiger partial charge in [0.05, 0.1) is 11.9 Å². The van der Waals surface area contributed by atoms with Crippen LogP contribution in [0.1, 0.15) is 56.2 Å². The molecule has 0 aliphatic rings. The monoisotopic (exact) mass is 430 g/mol. The fourth-order valence-corrected chi connectivity index (χ4v) is 4.72. The molecule has 0 spiro atoms. The van der Waals surface area contributed by atoms with Gasteiger partial charge in [0.1, 0.15) is 6.04 Å². The lowest BCUT2D eigenvalue weighted by atomic mass is 10.0. The van der Waals surface area contributed by atoms with Gasteiger partial charge in [0.25, 0.3) is 0 Å². The molecule has 0 aliphatic heterocycles. The predicted molar refractivity (Wildman–Crippen MR) is 124 cm³/mol. The minimum Gasteiger partial charge on any atom is -0.354 e. The minimum atomic E-state index is -3.60. The van der Waals surface area contributed by atoms with E-state index in [9.17, 15) is 13.2 Å². The van der Waals surface area contributed by atoms with Crippen LogP contribution in [0.5, 0.6) is 0 Å². The van der Waals surface area contributed by atoms with E-state index in [1.807, 2.05) is 19.9 Å². The summed E-state index contributed by atoms with van der Waals surface area (Å²) in [6.07, 6.45) is 3.20. The van der Waals surface area contributed by atoms with Gasteiger partial charge in [-0.1, -0.05) is 57.2 Å². The van der Waals surface area contributed by atoms with Crippen molar-refractivity contribution in [2.45, 2.75) is 58.9 Å². The van der Waals surface area contributed by atoms with Crippen LogP contribution in [-0.2, 0) is 21.2 Å². The normalized spacial score (nSPS) is 12.6. The Bertz CT molecular complexity index is 937. The minimum absolute atomic E-state index is 0.264. The molecule has 5 nitrogen and oxygen atoms in total. The zero-order chi connectivity index (χ0) is 22.3. The van der Waals surface area contributed by atoms with Gasteiger partial charge in [-0.15, -0.1) is 0 Å². The van der Waals surface area contributed by atoms with Crippen LogP contribution < -0.4 is 9.62 Å². The molecule has 2 rings (SSSR count). The first kappa shape index (κ1) is 23.9. The number of nitrogens with zero attached hydrogens (tertiary/aromatic N) is 1. The van der Waals surface area contributed by atoms with Gasteiger partial charge < -0.3 is 5.32 Å². The van der Waals surface area contributed by atoms with E-state index >= 15 is 0 Å². The summed E-state index contributed by atoms with van der Waals surface area (Å²) < 4.78 is 26.2. The maximum Gasteiger partial charge on any atom is 0.243 e. The molecule has 2 aromatic rings. The molecule has 6 heteroatoms. The maximum atomic E-state index is 12.8. The molecule has 1 N–H and O–H groups in total. The summed E-state index contributed by atoms with van der Waals surface area (Å²) in [5, 5.41) is 2.93. The highest BCUT2D eigenvalue weighted by molar-refractivity contribution is 7.92. The molecule has 1 amide bonds. The molecule has 0 radical (unpaired) electrons. The molecule has 0 aromatic heterocycles. The molecule has 2 aromatic carbocycles. The Balaban J connectivity index is 2.00. The lowest BCUT2D eigenvalue weighted by Crippen LogP contribution is -2.49. The Labute approximate surface area is 181 Å². The molecule has 0 aliphatic carbocycles. The highest BCUT2D eigenvalue weighted by Crippen LogP contribution is 2.23. The van der Waals surface area contributed by atoms with Crippen LogP contribution in [0.4, 0.5) is 5.69 Å². The van der Waals surface area contributed by atoms with E-state index in [-0.39, 0.29) is 5.91 Å². The van der Waals surface area contributed by atoms with Gasteiger partial charge in [-0.25, -0.2) is 8.42 Å². The third-order valence-corrected chi connectivity index (χ3v) is 6.35. The number of carbonyl (C=O) groups is 1. The topological polar surface area (TPSA) is 66.5 Å². The van der Waals surface area contributed by atoms with E-state index in [0.29, 0.717) is 24.6 Å². The number of anilines is 1. The number of sulfonamides is 1. The zero-order valence-electron chi connectivity index (χ0n) is 18.7. The van der Waals surface area contributed by atoms with Crippen molar-refractivity contribution in [3.05, 3.63) is 65.2 Å². The van der Waals surface area contributed by atoms with Gasteiger partial charge >= 0.3 is 0 Å². The SMILES string of the molecule is CC[C@H](C(=O)NCCCc1ccc(C(C)C)cc1)N(c1cccc(C)c1)S(C)(=O)=O. The number of aryl methyl sites for hydroxylation is 2. The van der Waals surface area contributed by atoms with Crippen LogP contribution in [0.2, 0.25) is 0 Å². The molecular weight excluding hydrogens is 396 g/mol. The van der Waals surface area contributed by atoms with Crippen molar-refractivity contribution >= 4 is 21.6 Å². The number of hydrogen-bond donors (Lipinski definition) is 1. The third-order valence-electron chi connectivity index (χ3n) is 5.17. The molecule has 0 bridgehead atoms.